The number of hydrogen-bond acceptors (Lipinski definition) is 3. The van der Waals surface area contributed by atoms with Crippen molar-refractivity contribution in [2.24, 2.45) is 5.92 Å². The van der Waals surface area contributed by atoms with Gasteiger partial charge in [0.25, 0.3) is 0 Å². The van der Waals surface area contributed by atoms with E-state index in [0.29, 0.717) is 6.42 Å². The predicted octanol–water partition coefficient (Wildman–Crippen LogP) is 3.52. The van der Waals surface area contributed by atoms with Gasteiger partial charge in [0.2, 0.25) is 0 Å². The quantitative estimate of drug-likeness (QED) is 0.306. The third-order valence-corrected chi connectivity index (χ3v) is 3.08. The zero-order valence-corrected chi connectivity index (χ0v) is 12.0. The molecule has 0 spiro atoms. The molecule has 1 atom stereocenters. The van der Waals surface area contributed by atoms with Crippen LogP contribution >= 0.6 is 0 Å². The predicted molar refractivity (Wildman–Crippen MR) is 76.6 cm³/mol. The number of rotatable bonds is 11. The van der Waals surface area contributed by atoms with Crippen LogP contribution in [0, 0.1) is 5.92 Å². The second-order valence-electron chi connectivity index (χ2n) is 4.79. The van der Waals surface area contributed by atoms with Crippen molar-refractivity contribution >= 4 is 11.9 Å². The van der Waals surface area contributed by atoms with Crippen molar-refractivity contribution < 1.29 is 24.9 Å². The van der Waals surface area contributed by atoms with Gasteiger partial charge in [-0.15, -0.1) is 0 Å². The Morgan fingerprint density at radius 2 is 1.60 bits per heavy atom. The Kier molecular flexibility index (Phi) is 9.17. The standard InChI is InChI=1S/C15H24O5/c1-3-4-5-6-7-8-9-10-12(16)13(15(19)20)11(2)14(17)18/h10,13,16H,2-9H2,1H3,(H,17,18)(H,19,20). The Morgan fingerprint density at radius 3 is 2.10 bits per heavy atom. The third-order valence-electron chi connectivity index (χ3n) is 3.08. The van der Waals surface area contributed by atoms with Crippen LogP contribution in [0.3, 0.4) is 0 Å². The second kappa shape index (κ2) is 10.1. The van der Waals surface area contributed by atoms with E-state index in [2.05, 4.69) is 13.5 Å². The average molecular weight is 284 g/mol. The Bertz CT molecular complexity index is 370. The summed E-state index contributed by atoms with van der Waals surface area (Å²) < 4.78 is 0. The molecule has 0 fully saturated rings. The molecule has 1 unspecified atom stereocenters. The number of hydrogen-bond donors (Lipinski definition) is 3. The maximum atomic E-state index is 11.0. The van der Waals surface area contributed by atoms with Gasteiger partial charge in [-0.3, -0.25) is 4.79 Å². The van der Waals surface area contributed by atoms with Crippen molar-refractivity contribution in [1.82, 2.24) is 0 Å². The number of aliphatic hydroxyl groups is 1. The molecule has 5 heteroatoms. The van der Waals surface area contributed by atoms with Gasteiger partial charge in [0.05, 0.1) is 5.57 Å². The van der Waals surface area contributed by atoms with Gasteiger partial charge in [0.1, 0.15) is 11.7 Å². The highest BCUT2D eigenvalue weighted by molar-refractivity contribution is 5.94. The zero-order chi connectivity index (χ0) is 15.5. The van der Waals surface area contributed by atoms with Gasteiger partial charge in [-0.05, 0) is 18.9 Å². The summed E-state index contributed by atoms with van der Waals surface area (Å²) in [5.41, 5.74) is -0.533. The first-order valence-electron chi connectivity index (χ1n) is 6.95. The maximum absolute atomic E-state index is 11.0. The molecule has 0 aliphatic rings. The second-order valence-corrected chi connectivity index (χ2v) is 4.79. The van der Waals surface area contributed by atoms with Crippen LogP contribution in [0.15, 0.2) is 24.0 Å². The summed E-state index contributed by atoms with van der Waals surface area (Å²) in [5.74, 6) is -4.84. The van der Waals surface area contributed by atoms with Crippen molar-refractivity contribution in [3.63, 3.8) is 0 Å². The first-order chi connectivity index (χ1) is 9.41. The molecule has 20 heavy (non-hydrogen) atoms. The molecule has 0 saturated heterocycles. The summed E-state index contributed by atoms with van der Waals surface area (Å²) in [4.78, 5) is 21.7. The van der Waals surface area contributed by atoms with E-state index in [1.165, 1.54) is 25.3 Å². The number of aliphatic carboxylic acids is 2. The van der Waals surface area contributed by atoms with Gasteiger partial charge in [0, 0.05) is 0 Å². The number of carboxylic acids is 2. The van der Waals surface area contributed by atoms with Crippen molar-refractivity contribution in [3.05, 3.63) is 24.0 Å². The smallest absolute Gasteiger partial charge is 0.332 e. The molecular formula is C15H24O5. The molecular weight excluding hydrogens is 260 g/mol. The van der Waals surface area contributed by atoms with Crippen LogP contribution in [-0.2, 0) is 9.59 Å². The molecule has 5 nitrogen and oxygen atoms in total. The Balaban J connectivity index is 4.27. The molecule has 0 aliphatic carbocycles. The minimum atomic E-state index is -1.56. The van der Waals surface area contributed by atoms with E-state index in [9.17, 15) is 14.7 Å². The molecule has 0 bridgehead atoms. The van der Waals surface area contributed by atoms with Crippen LogP contribution in [0.1, 0.15) is 51.9 Å². The largest absolute Gasteiger partial charge is 0.511 e. The molecule has 0 aliphatic heterocycles. The third kappa shape index (κ3) is 6.97. The van der Waals surface area contributed by atoms with Crippen LogP contribution in [-0.4, -0.2) is 27.3 Å². The van der Waals surface area contributed by atoms with E-state index in [1.807, 2.05) is 0 Å². The summed E-state index contributed by atoms with van der Waals surface area (Å²) in [6.07, 6.45) is 8.47. The number of allylic oxidation sites excluding steroid dienone is 1. The maximum Gasteiger partial charge on any atom is 0.332 e. The number of unbranched alkanes of at least 4 members (excludes halogenated alkanes) is 6. The fraction of sp³-hybridized carbons (Fsp3) is 0.600. The van der Waals surface area contributed by atoms with Crippen molar-refractivity contribution in [3.8, 4) is 0 Å². The lowest BCUT2D eigenvalue weighted by Crippen LogP contribution is -2.22. The van der Waals surface area contributed by atoms with Crippen molar-refractivity contribution in [1.29, 1.82) is 0 Å². The fourth-order valence-electron chi connectivity index (χ4n) is 1.87. The minimum Gasteiger partial charge on any atom is -0.511 e. The van der Waals surface area contributed by atoms with Crippen LogP contribution in [0.4, 0.5) is 0 Å². The molecule has 0 aromatic heterocycles. The summed E-state index contributed by atoms with van der Waals surface area (Å²) in [5, 5.41) is 27.4. The summed E-state index contributed by atoms with van der Waals surface area (Å²) in [6.45, 7) is 5.33. The summed E-state index contributed by atoms with van der Waals surface area (Å²) in [7, 11) is 0. The molecule has 0 heterocycles. The summed E-state index contributed by atoms with van der Waals surface area (Å²) >= 11 is 0. The zero-order valence-electron chi connectivity index (χ0n) is 12.0. The lowest BCUT2D eigenvalue weighted by molar-refractivity contribution is -0.143. The highest BCUT2D eigenvalue weighted by atomic mass is 16.4. The number of carbonyl (C=O) groups is 2. The lowest BCUT2D eigenvalue weighted by Gasteiger charge is -2.11. The molecule has 3 N–H and O–H groups in total. The van der Waals surface area contributed by atoms with E-state index in [4.69, 9.17) is 10.2 Å². The van der Waals surface area contributed by atoms with Gasteiger partial charge >= 0.3 is 11.9 Å². The molecule has 0 amide bonds. The van der Waals surface area contributed by atoms with Gasteiger partial charge in [0.15, 0.2) is 0 Å². The van der Waals surface area contributed by atoms with Gasteiger partial charge in [-0.25, -0.2) is 4.79 Å². The molecule has 0 aromatic rings. The summed E-state index contributed by atoms with van der Waals surface area (Å²) in [6, 6.07) is 0. The van der Waals surface area contributed by atoms with Crippen molar-refractivity contribution in [2.45, 2.75) is 51.9 Å². The van der Waals surface area contributed by atoms with Crippen LogP contribution in [0.5, 0.6) is 0 Å². The fourth-order valence-corrected chi connectivity index (χ4v) is 1.87. The number of aliphatic hydroxyl groups excluding tert-OH is 1. The van der Waals surface area contributed by atoms with E-state index < -0.39 is 29.2 Å². The first-order valence-corrected chi connectivity index (χ1v) is 6.95. The van der Waals surface area contributed by atoms with Gasteiger partial charge in [-0.2, -0.15) is 0 Å². The van der Waals surface area contributed by atoms with Crippen LogP contribution < -0.4 is 0 Å². The monoisotopic (exact) mass is 284 g/mol. The molecule has 0 aromatic carbocycles. The van der Waals surface area contributed by atoms with Crippen molar-refractivity contribution in [2.75, 3.05) is 0 Å². The lowest BCUT2D eigenvalue weighted by atomic mass is 9.97. The Hall–Kier alpha value is -1.78. The molecule has 114 valence electrons. The minimum absolute atomic E-state index is 0.446. The first kappa shape index (κ1) is 18.2. The normalized spacial score (nSPS) is 12.9. The van der Waals surface area contributed by atoms with E-state index in [1.54, 1.807) is 0 Å². The van der Waals surface area contributed by atoms with E-state index in [0.717, 1.165) is 19.3 Å². The SMILES string of the molecule is C=C(C(=O)O)C(C(=O)O)C(O)=CCCCCCCCC. The van der Waals surface area contributed by atoms with Gasteiger partial charge in [-0.1, -0.05) is 45.6 Å². The highest BCUT2D eigenvalue weighted by Gasteiger charge is 2.29. The molecule has 0 saturated carbocycles. The van der Waals surface area contributed by atoms with E-state index >= 15 is 0 Å². The molecule has 0 radical (unpaired) electrons. The Morgan fingerprint density at radius 1 is 1.05 bits per heavy atom. The highest BCUT2D eigenvalue weighted by Crippen LogP contribution is 2.19. The van der Waals surface area contributed by atoms with Gasteiger partial charge < -0.3 is 15.3 Å². The van der Waals surface area contributed by atoms with Crippen LogP contribution in [0.2, 0.25) is 0 Å². The number of carboxylic acid groups (broad SMARTS) is 2. The van der Waals surface area contributed by atoms with E-state index in [-0.39, 0.29) is 0 Å². The topological polar surface area (TPSA) is 94.8 Å². The average Bonchev–Trinajstić information content (AvgIpc) is 2.37. The Labute approximate surface area is 119 Å². The van der Waals surface area contributed by atoms with Crippen LogP contribution in [0.25, 0.3) is 0 Å². The molecule has 0 rings (SSSR count).